The molecule has 2 heterocycles. The summed E-state index contributed by atoms with van der Waals surface area (Å²) < 4.78 is 38.0. The molecule has 1 unspecified atom stereocenters. The minimum atomic E-state index is -2.26. The third-order valence-electron chi connectivity index (χ3n) is 6.96. The van der Waals surface area contributed by atoms with Crippen molar-refractivity contribution >= 4 is 11.1 Å². The van der Waals surface area contributed by atoms with Gasteiger partial charge in [0.15, 0.2) is 0 Å². The number of aromatic hydroxyl groups is 2. The van der Waals surface area contributed by atoms with Gasteiger partial charge in [-0.2, -0.15) is 0 Å². The van der Waals surface area contributed by atoms with E-state index in [1.54, 1.807) is 36.4 Å². The fraction of sp³-hybridized carbons (Fsp3) is 0.310. The van der Waals surface area contributed by atoms with Crippen LogP contribution in [0.1, 0.15) is 36.1 Å². The lowest BCUT2D eigenvalue weighted by Crippen LogP contribution is -2.27. The van der Waals surface area contributed by atoms with Gasteiger partial charge in [-0.05, 0) is 79.1 Å². The van der Waals surface area contributed by atoms with Crippen molar-refractivity contribution in [2.45, 2.75) is 25.9 Å². The van der Waals surface area contributed by atoms with E-state index < -0.39 is 18.4 Å². The van der Waals surface area contributed by atoms with Crippen LogP contribution >= 0.6 is 0 Å². The van der Waals surface area contributed by atoms with Crippen LogP contribution in [0.25, 0.3) is 11.1 Å². The summed E-state index contributed by atoms with van der Waals surface area (Å²) in [6.45, 7) is 4.13. The van der Waals surface area contributed by atoms with E-state index >= 15 is 0 Å². The largest absolute Gasteiger partial charge is 0.508 e. The summed E-state index contributed by atoms with van der Waals surface area (Å²) >= 11 is 0. The van der Waals surface area contributed by atoms with Crippen LogP contribution in [0, 0.1) is 5.92 Å². The Bertz CT molecular complexity index is 1260. The Kier molecular flexibility index (Phi) is 6.83. The molecule has 188 valence electrons. The molecule has 0 aliphatic carbocycles. The van der Waals surface area contributed by atoms with Gasteiger partial charge in [-0.1, -0.05) is 24.3 Å². The molecule has 2 aliphatic rings. The van der Waals surface area contributed by atoms with Gasteiger partial charge in [0.1, 0.15) is 35.7 Å². The molecule has 5 rings (SSSR count). The predicted molar refractivity (Wildman–Crippen MR) is 135 cm³/mol. The molecule has 5 nitrogen and oxygen atoms in total. The van der Waals surface area contributed by atoms with Gasteiger partial charge in [0.2, 0.25) is 6.43 Å². The van der Waals surface area contributed by atoms with Crippen LogP contribution in [0.2, 0.25) is 0 Å². The Hall–Kier alpha value is -3.58. The van der Waals surface area contributed by atoms with Crippen LogP contribution in [0.4, 0.5) is 8.78 Å². The lowest BCUT2D eigenvalue weighted by atomic mass is 9.86. The molecule has 2 atom stereocenters. The molecule has 1 saturated heterocycles. The molecule has 3 aromatic rings. The SMILES string of the molecule is CC1=C(c2cccc(O)c2)[C@@H](c2ccc(OCCN3CCC(C(F)F)C3)cc2)Oc2ccc(O)cc21. The second-order valence-electron chi connectivity index (χ2n) is 9.37. The lowest BCUT2D eigenvalue weighted by molar-refractivity contribution is 0.0796. The first kappa shape index (κ1) is 24.1. The molecule has 2 aliphatic heterocycles. The molecule has 0 bridgehead atoms. The summed E-state index contributed by atoms with van der Waals surface area (Å²) in [5.41, 5.74) is 4.41. The van der Waals surface area contributed by atoms with Gasteiger partial charge in [0.05, 0.1) is 0 Å². The first-order valence-electron chi connectivity index (χ1n) is 12.1. The molecular weight excluding hydrogens is 464 g/mol. The Morgan fingerprint density at radius 3 is 2.53 bits per heavy atom. The fourth-order valence-electron chi connectivity index (χ4n) is 5.02. The van der Waals surface area contributed by atoms with Crippen LogP contribution in [0.5, 0.6) is 23.0 Å². The van der Waals surface area contributed by atoms with Crippen LogP contribution in [0.3, 0.4) is 0 Å². The van der Waals surface area contributed by atoms with Crippen molar-refractivity contribution in [2.75, 3.05) is 26.2 Å². The Balaban J connectivity index is 1.34. The second-order valence-corrected chi connectivity index (χ2v) is 9.37. The monoisotopic (exact) mass is 493 g/mol. The highest BCUT2D eigenvalue weighted by molar-refractivity contribution is 5.95. The van der Waals surface area contributed by atoms with Crippen molar-refractivity contribution < 1.29 is 28.5 Å². The average molecular weight is 494 g/mol. The van der Waals surface area contributed by atoms with Crippen molar-refractivity contribution in [3.63, 3.8) is 0 Å². The first-order valence-corrected chi connectivity index (χ1v) is 12.1. The number of likely N-dealkylation sites (tertiary alicyclic amines) is 1. The number of allylic oxidation sites excluding steroid dienone is 1. The maximum atomic E-state index is 12.9. The summed E-state index contributed by atoms with van der Waals surface area (Å²) in [7, 11) is 0. The van der Waals surface area contributed by atoms with E-state index in [2.05, 4.69) is 0 Å². The van der Waals surface area contributed by atoms with Crippen LogP contribution in [-0.2, 0) is 0 Å². The first-order chi connectivity index (χ1) is 17.4. The summed E-state index contributed by atoms with van der Waals surface area (Å²) in [5, 5.41) is 20.1. The number of hydrogen-bond donors (Lipinski definition) is 2. The van der Waals surface area contributed by atoms with Crippen molar-refractivity contribution in [3.05, 3.63) is 83.4 Å². The summed E-state index contributed by atoms with van der Waals surface area (Å²) in [4.78, 5) is 2.02. The van der Waals surface area contributed by atoms with E-state index in [1.807, 2.05) is 42.2 Å². The highest BCUT2D eigenvalue weighted by Gasteiger charge is 2.30. The molecule has 0 saturated carbocycles. The van der Waals surface area contributed by atoms with Crippen LogP contribution in [-0.4, -0.2) is 47.8 Å². The number of phenolic OH excluding ortho intramolecular Hbond substituents is 2. The molecule has 0 amide bonds. The topological polar surface area (TPSA) is 62.2 Å². The van der Waals surface area contributed by atoms with Crippen molar-refractivity contribution in [3.8, 4) is 23.0 Å². The molecule has 1 fully saturated rings. The molecule has 3 aromatic carbocycles. The van der Waals surface area contributed by atoms with Gasteiger partial charge in [0, 0.05) is 30.1 Å². The maximum Gasteiger partial charge on any atom is 0.242 e. The minimum Gasteiger partial charge on any atom is -0.508 e. The van der Waals surface area contributed by atoms with Crippen LogP contribution in [0.15, 0.2) is 66.7 Å². The number of alkyl halides is 2. The third kappa shape index (κ3) is 5.02. The number of benzene rings is 3. The molecule has 2 N–H and O–H groups in total. The molecule has 0 radical (unpaired) electrons. The molecular formula is C29H29F2NO4. The zero-order chi connectivity index (χ0) is 25.2. The third-order valence-corrected chi connectivity index (χ3v) is 6.96. The summed E-state index contributed by atoms with van der Waals surface area (Å²) in [5.74, 6) is 1.16. The van der Waals surface area contributed by atoms with Crippen molar-refractivity contribution in [1.82, 2.24) is 4.90 Å². The molecule has 0 aromatic heterocycles. The minimum absolute atomic E-state index is 0.158. The van der Waals surface area contributed by atoms with E-state index in [0.717, 1.165) is 27.8 Å². The number of phenols is 2. The quantitative estimate of drug-likeness (QED) is 0.415. The summed E-state index contributed by atoms with van der Waals surface area (Å²) in [6.07, 6.45) is -2.15. The molecule has 7 heteroatoms. The van der Waals surface area contributed by atoms with Gasteiger partial charge in [-0.15, -0.1) is 0 Å². The van der Waals surface area contributed by atoms with Crippen molar-refractivity contribution in [1.29, 1.82) is 0 Å². The number of halogens is 2. The van der Waals surface area contributed by atoms with E-state index in [0.29, 0.717) is 44.2 Å². The van der Waals surface area contributed by atoms with Gasteiger partial charge in [-0.25, -0.2) is 8.78 Å². The highest BCUT2D eigenvalue weighted by atomic mass is 19.3. The maximum absolute atomic E-state index is 12.9. The van der Waals surface area contributed by atoms with Gasteiger partial charge >= 0.3 is 0 Å². The number of nitrogens with zero attached hydrogens (tertiary/aromatic N) is 1. The number of ether oxygens (including phenoxy) is 2. The smallest absolute Gasteiger partial charge is 0.242 e. The zero-order valence-electron chi connectivity index (χ0n) is 20.0. The molecule has 0 spiro atoms. The normalized spacial score (nSPS) is 19.9. The van der Waals surface area contributed by atoms with Gasteiger partial charge in [-0.3, -0.25) is 4.90 Å². The Morgan fingerprint density at radius 1 is 1.03 bits per heavy atom. The van der Waals surface area contributed by atoms with Gasteiger partial charge in [0.25, 0.3) is 0 Å². The van der Waals surface area contributed by atoms with Crippen molar-refractivity contribution in [2.24, 2.45) is 5.92 Å². The predicted octanol–water partition coefficient (Wildman–Crippen LogP) is 6.13. The Morgan fingerprint density at radius 2 is 1.81 bits per heavy atom. The van der Waals surface area contributed by atoms with E-state index in [9.17, 15) is 19.0 Å². The zero-order valence-corrected chi connectivity index (χ0v) is 20.0. The Labute approximate surface area is 209 Å². The molecule has 36 heavy (non-hydrogen) atoms. The number of rotatable bonds is 7. The second kappa shape index (κ2) is 10.2. The summed E-state index contributed by atoms with van der Waals surface area (Å²) in [6, 6.07) is 19.8. The van der Waals surface area contributed by atoms with E-state index in [-0.39, 0.29) is 11.5 Å². The average Bonchev–Trinajstić information content (AvgIpc) is 3.34. The fourth-order valence-corrected chi connectivity index (χ4v) is 5.02. The highest BCUT2D eigenvalue weighted by Crippen LogP contribution is 2.47. The number of hydrogen-bond acceptors (Lipinski definition) is 5. The lowest BCUT2D eigenvalue weighted by Gasteiger charge is -2.31. The van der Waals surface area contributed by atoms with Crippen LogP contribution < -0.4 is 9.47 Å². The van der Waals surface area contributed by atoms with E-state index in [4.69, 9.17) is 9.47 Å². The van der Waals surface area contributed by atoms with Gasteiger partial charge < -0.3 is 19.7 Å². The number of fused-ring (bicyclic) bond motifs is 1. The standard InChI is InChI=1S/C29H29F2NO4/c1-18-25-16-23(34)7-10-26(25)36-28(27(18)20-3-2-4-22(33)15-20)19-5-8-24(9-6-19)35-14-13-32-12-11-21(17-32)29(30)31/h2-10,15-16,21,28-29,33-34H,11-14,17H2,1H3/t21?,28-/m1/s1. The van der Waals surface area contributed by atoms with E-state index in [1.165, 1.54) is 0 Å².